The Hall–Kier alpha value is -0.960. The first kappa shape index (κ1) is 12.5. The van der Waals surface area contributed by atoms with E-state index in [1.165, 1.54) is 12.0 Å². The minimum Gasteiger partial charge on any atom is -0.342 e. The first-order valence-corrected chi connectivity index (χ1v) is 6.69. The molecule has 0 heterocycles. The van der Waals surface area contributed by atoms with Crippen molar-refractivity contribution in [3.8, 4) is 0 Å². The average Bonchev–Trinajstić information content (AvgIpc) is 2.27. The summed E-state index contributed by atoms with van der Waals surface area (Å²) in [7, 11) is 1.90. The van der Waals surface area contributed by atoms with E-state index < -0.39 is 0 Å². The third kappa shape index (κ3) is 3.03. The third-order valence-electron chi connectivity index (χ3n) is 3.53. The van der Waals surface area contributed by atoms with Gasteiger partial charge < -0.3 is 4.90 Å². The molecule has 1 aliphatic carbocycles. The maximum atomic E-state index is 12.1. The van der Waals surface area contributed by atoms with Crippen LogP contribution < -0.4 is 0 Å². The second kappa shape index (κ2) is 5.58. The number of rotatable bonds is 4. The number of carbonyl (C=O) groups excluding carboxylic acids is 1. The summed E-state index contributed by atoms with van der Waals surface area (Å²) in [5.41, 5.74) is 1.17. The molecule has 1 unspecified atom stereocenters. The molecular formula is C14H19NOS. The van der Waals surface area contributed by atoms with Gasteiger partial charge in [-0.05, 0) is 31.2 Å². The first-order chi connectivity index (χ1) is 8.18. The Morgan fingerprint density at radius 1 is 1.41 bits per heavy atom. The van der Waals surface area contributed by atoms with Gasteiger partial charge in [-0.15, -0.1) is 0 Å². The number of hydrogen-bond acceptors (Lipinski definition) is 2. The van der Waals surface area contributed by atoms with Crippen LogP contribution in [0, 0.1) is 0 Å². The minimum atomic E-state index is -0.219. The van der Waals surface area contributed by atoms with Crippen LogP contribution in [0.1, 0.15) is 24.8 Å². The van der Waals surface area contributed by atoms with E-state index in [1.54, 1.807) is 0 Å². The highest BCUT2D eigenvalue weighted by molar-refractivity contribution is 7.81. The molecule has 2 nitrogen and oxygen atoms in total. The van der Waals surface area contributed by atoms with Gasteiger partial charge in [0.1, 0.15) is 0 Å². The Morgan fingerprint density at radius 2 is 2.06 bits per heavy atom. The first-order valence-electron chi connectivity index (χ1n) is 6.17. The molecule has 0 aromatic heterocycles. The molecule has 92 valence electrons. The zero-order valence-corrected chi connectivity index (χ0v) is 11.1. The van der Waals surface area contributed by atoms with Crippen LogP contribution >= 0.6 is 12.6 Å². The summed E-state index contributed by atoms with van der Waals surface area (Å²) in [5, 5.41) is -0.219. The summed E-state index contributed by atoms with van der Waals surface area (Å²) >= 11 is 4.44. The third-order valence-corrected chi connectivity index (χ3v) is 3.93. The van der Waals surface area contributed by atoms with Crippen LogP contribution in [0.5, 0.6) is 0 Å². The second-order valence-corrected chi connectivity index (χ2v) is 5.36. The Bertz CT molecular complexity index is 375. The van der Waals surface area contributed by atoms with E-state index in [2.05, 4.69) is 12.6 Å². The molecule has 2 rings (SSSR count). The maximum Gasteiger partial charge on any atom is 0.235 e. The van der Waals surface area contributed by atoms with Gasteiger partial charge in [-0.2, -0.15) is 12.6 Å². The summed E-state index contributed by atoms with van der Waals surface area (Å²) in [5.74, 6) is 0.155. The molecular weight excluding hydrogens is 230 g/mol. The predicted molar refractivity (Wildman–Crippen MR) is 73.3 cm³/mol. The fourth-order valence-electron chi connectivity index (χ4n) is 2.11. The number of nitrogens with zero attached hydrogens (tertiary/aromatic N) is 1. The second-order valence-electron chi connectivity index (χ2n) is 4.74. The van der Waals surface area contributed by atoms with Gasteiger partial charge in [0.2, 0.25) is 5.91 Å². The number of benzene rings is 1. The predicted octanol–water partition coefficient (Wildman–Crippen LogP) is 2.54. The van der Waals surface area contributed by atoms with Crippen LogP contribution in [0.2, 0.25) is 0 Å². The summed E-state index contributed by atoms with van der Waals surface area (Å²) in [4.78, 5) is 14.0. The smallest absolute Gasteiger partial charge is 0.235 e. The minimum absolute atomic E-state index is 0.155. The fourth-order valence-corrected chi connectivity index (χ4v) is 2.51. The van der Waals surface area contributed by atoms with Crippen LogP contribution in [0.25, 0.3) is 0 Å². The van der Waals surface area contributed by atoms with Crippen molar-refractivity contribution >= 4 is 18.5 Å². The van der Waals surface area contributed by atoms with Crippen molar-refractivity contribution in [2.24, 2.45) is 0 Å². The van der Waals surface area contributed by atoms with Gasteiger partial charge in [-0.25, -0.2) is 0 Å². The lowest BCUT2D eigenvalue weighted by Gasteiger charge is -2.36. The molecule has 1 aromatic rings. The van der Waals surface area contributed by atoms with Gasteiger partial charge in [0.25, 0.3) is 0 Å². The SMILES string of the molecule is CN(C(=O)C(S)Cc1ccccc1)C1CCC1. The molecule has 0 saturated heterocycles. The Labute approximate surface area is 108 Å². The lowest BCUT2D eigenvalue weighted by atomic mass is 9.91. The van der Waals surface area contributed by atoms with Crippen LogP contribution in [-0.2, 0) is 11.2 Å². The summed E-state index contributed by atoms with van der Waals surface area (Å²) in [6.45, 7) is 0. The lowest BCUT2D eigenvalue weighted by molar-refractivity contribution is -0.132. The Morgan fingerprint density at radius 3 is 2.59 bits per heavy atom. The lowest BCUT2D eigenvalue weighted by Crippen LogP contribution is -2.45. The number of amides is 1. The van der Waals surface area contributed by atoms with Gasteiger partial charge in [0.15, 0.2) is 0 Å². The highest BCUT2D eigenvalue weighted by Crippen LogP contribution is 2.25. The Balaban J connectivity index is 1.90. The van der Waals surface area contributed by atoms with E-state index in [0.29, 0.717) is 12.5 Å². The highest BCUT2D eigenvalue weighted by atomic mass is 32.1. The molecule has 3 heteroatoms. The van der Waals surface area contributed by atoms with Gasteiger partial charge in [0.05, 0.1) is 5.25 Å². The zero-order valence-electron chi connectivity index (χ0n) is 10.2. The summed E-state index contributed by atoms with van der Waals surface area (Å²) in [6.07, 6.45) is 4.25. The van der Waals surface area contributed by atoms with Crippen molar-refractivity contribution in [2.75, 3.05) is 7.05 Å². The van der Waals surface area contributed by atoms with E-state index >= 15 is 0 Å². The van der Waals surface area contributed by atoms with Crippen molar-refractivity contribution in [1.82, 2.24) is 4.90 Å². The van der Waals surface area contributed by atoms with Gasteiger partial charge >= 0.3 is 0 Å². The molecule has 0 bridgehead atoms. The molecule has 0 aliphatic heterocycles. The fraction of sp³-hybridized carbons (Fsp3) is 0.500. The average molecular weight is 249 g/mol. The van der Waals surface area contributed by atoms with Crippen LogP contribution in [0.15, 0.2) is 30.3 Å². The van der Waals surface area contributed by atoms with Crippen LogP contribution in [-0.4, -0.2) is 29.1 Å². The highest BCUT2D eigenvalue weighted by Gasteiger charge is 2.28. The van der Waals surface area contributed by atoms with Crippen molar-refractivity contribution in [3.05, 3.63) is 35.9 Å². The molecule has 1 saturated carbocycles. The number of hydrogen-bond donors (Lipinski definition) is 1. The molecule has 1 amide bonds. The molecule has 1 atom stereocenters. The van der Waals surface area contributed by atoms with Gasteiger partial charge in [0, 0.05) is 13.1 Å². The van der Waals surface area contributed by atoms with E-state index in [9.17, 15) is 4.79 Å². The van der Waals surface area contributed by atoms with Crippen LogP contribution in [0.3, 0.4) is 0 Å². The van der Waals surface area contributed by atoms with E-state index in [-0.39, 0.29) is 11.2 Å². The van der Waals surface area contributed by atoms with Gasteiger partial charge in [-0.1, -0.05) is 30.3 Å². The monoisotopic (exact) mass is 249 g/mol. The van der Waals surface area contributed by atoms with Gasteiger partial charge in [-0.3, -0.25) is 4.79 Å². The topological polar surface area (TPSA) is 20.3 Å². The van der Waals surface area contributed by atoms with Crippen molar-refractivity contribution in [3.63, 3.8) is 0 Å². The van der Waals surface area contributed by atoms with Crippen molar-refractivity contribution in [1.29, 1.82) is 0 Å². The molecule has 0 spiro atoms. The Kier molecular flexibility index (Phi) is 4.11. The van der Waals surface area contributed by atoms with E-state index in [4.69, 9.17) is 0 Å². The molecule has 17 heavy (non-hydrogen) atoms. The molecule has 0 radical (unpaired) electrons. The quantitative estimate of drug-likeness (QED) is 0.813. The summed E-state index contributed by atoms with van der Waals surface area (Å²) < 4.78 is 0. The van der Waals surface area contributed by atoms with E-state index in [1.807, 2.05) is 42.3 Å². The van der Waals surface area contributed by atoms with Crippen LogP contribution in [0.4, 0.5) is 0 Å². The standard InChI is InChI=1S/C14H19NOS/c1-15(12-8-5-9-12)14(16)13(17)10-11-6-3-2-4-7-11/h2-4,6-7,12-13,17H,5,8-10H2,1H3. The molecule has 1 fully saturated rings. The normalized spacial score (nSPS) is 17.3. The molecule has 0 N–H and O–H groups in total. The largest absolute Gasteiger partial charge is 0.342 e. The summed E-state index contributed by atoms with van der Waals surface area (Å²) in [6, 6.07) is 10.5. The van der Waals surface area contributed by atoms with E-state index in [0.717, 1.165) is 12.8 Å². The molecule has 1 aromatic carbocycles. The number of carbonyl (C=O) groups is 1. The van der Waals surface area contributed by atoms with Crippen molar-refractivity contribution in [2.45, 2.75) is 37.0 Å². The zero-order chi connectivity index (χ0) is 12.3. The maximum absolute atomic E-state index is 12.1. The number of thiol groups is 1. The molecule has 1 aliphatic rings. The van der Waals surface area contributed by atoms with Crippen molar-refractivity contribution < 1.29 is 4.79 Å².